The smallest absolute Gasteiger partial charge is 0.321 e. The van der Waals surface area contributed by atoms with E-state index in [4.69, 9.17) is 0 Å². The Morgan fingerprint density at radius 2 is 2.00 bits per heavy atom. The highest BCUT2D eigenvalue weighted by Gasteiger charge is 2.01. The van der Waals surface area contributed by atoms with Crippen LogP contribution in [0.25, 0.3) is 0 Å². The highest BCUT2D eigenvalue weighted by atomic mass is 32.2. The molecule has 0 aromatic heterocycles. The molecule has 0 spiro atoms. The molecule has 0 N–H and O–H groups in total. The van der Waals surface area contributed by atoms with Gasteiger partial charge < -0.3 is 4.18 Å². The molecule has 0 heterocycles. The first-order valence-electron chi connectivity index (χ1n) is 3.52. The molecule has 0 fully saturated rings. The maximum Gasteiger partial charge on any atom is 0.321 e. The minimum Gasteiger partial charge on any atom is -0.348 e. The molecule has 0 amide bonds. The van der Waals surface area contributed by atoms with Crippen molar-refractivity contribution in [3.63, 3.8) is 0 Å². The summed E-state index contributed by atoms with van der Waals surface area (Å²) >= 11 is 0. The molecule has 0 radical (unpaired) electrons. The molecule has 0 bridgehead atoms. The third kappa shape index (κ3) is 7.32. The summed E-state index contributed by atoms with van der Waals surface area (Å²) < 4.78 is 23.6. The quantitative estimate of drug-likeness (QED) is 0.498. The van der Waals surface area contributed by atoms with Gasteiger partial charge in [-0.3, -0.25) is 4.79 Å². The van der Waals surface area contributed by atoms with Crippen LogP contribution in [-0.4, -0.2) is 14.4 Å². The van der Waals surface area contributed by atoms with E-state index in [1.165, 1.54) is 0 Å². The lowest BCUT2D eigenvalue weighted by Crippen LogP contribution is -2.01. The average Bonchev–Trinajstić information content (AvgIpc) is 1.86. The fourth-order valence-corrected chi connectivity index (χ4v) is 0.906. The summed E-state index contributed by atoms with van der Waals surface area (Å²) in [6.45, 7) is 2.00. The van der Waals surface area contributed by atoms with Crippen molar-refractivity contribution < 1.29 is 17.4 Å². The predicted molar refractivity (Wildman–Crippen MR) is 40.5 cm³/mol. The third-order valence-electron chi connectivity index (χ3n) is 1.16. The molecule has 0 saturated heterocycles. The van der Waals surface area contributed by atoms with Gasteiger partial charge in [0.2, 0.25) is 0 Å². The van der Waals surface area contributed by atoms with Crippen LogP contribution in [0.5, 0.6) is 0 Å². The van der Waals surface area contributed by atoms with E-state index in [1.807, 2.05) is 6.92 Å². The van der Waals surface area contributed by atoms with E-state index in [0.29, 0.717) is 6.42 Å². The summed E-state index contributed by atoms with van der Waals surface area (Å²) in [4.78, 5) is 10.5. The summed E-state index contributed by atoms with van der Waals surface area (Å²) in [5.74, 6) is -0.658. The second-order valence-corrected chi connectivity index (χ2v) is 2.77. The molecule has 0 aliphatic carbocycles. The van der Waals surface area contributed by atoms with E-state index < -0.39 is 17.0 Å². The number of hydrogen-bond donors (Lipinski definition) is 1. The van der Waals surface area contributed by atoms with E-state index in [0.717, 1.165) is 12.8 Å². The second kappa shape index (κ2) is 6.15. The monoisotopic (exact) mass is 180 g/mol. The van der Waals surface area contributed by atoms with Crippen LogP contribution in [0.4, 0.5) is 0 Å². The third-order valence-corrected chi connectivity index (χ3v) is 1.51. The van der Waals surface area contributed by atoms with Crippen molar-refractivity contribution in [2.75, 3.05) is 0 Å². The van der Waals surface area contributed by atoms with Gasteiger partial charge in [0, 0.05) is 6.42 Å². The van der Waals surface area contributed by atoms with Crippen LogP contribution >= 0.6 is 0 Å². The van der Waals surface area contributed by atoms with Crippen LogP contribution in [0.1, 0.15) is 32.6 Å². The van der Waals surface area contributed by atoms with Gasteiger partial charge in [0.15, 0.2) is 0 Å². The van der Waals surface area contributed by atoms with Crippen molar-refractivity contribution in [2.45, 2.75) is 32.6 Å². The number of carbonyl (C=O) groups excluding carboxylic acids is 1. The largest absolute Gasteiger partial charge is 0.348 e. The maximum absolute atomic E-state index is 10.5. The highest BCUT2D eigenvalue weighted by Crippen LogP contribution is 1.99. The zero-order valence-corrected chi connectivity index (χ0v) is 7.30. The zero-order chi connectivity index (χ0) is 8.69. The molecule has 0 aliphatic heterocycles. The van der Waals surface area contributed by atoms with Gasteiger partial charge in [-0.25, -0.2) is 0 Å². The standard InChI is InChI=1S/C6H12O4S/c1-2-3-4-5-6(7)10-11(8)9/h11H,2-5H2,1H3. The summed E-state index contributed by atoms with van der Waals surface area (Å²) in [5.41, 5.74) is 0. The Labute approximate surface area is 67.7 Å². The Morgan fingerprint density at radius 1 is 1.36 bits per heavy atom. The van der Waals surface area contributed by atoms with E-state index in [2.05, 4.69) is 4.18 Å². The lowest BCUT2D eigenvalue weighted by molar-refractivity contribution is -0.133. The van der Waals surface area contributed by atoms with Crippen LogP contribution < -0.4 is 0 Å². The van der Waals surface area contributed by atoms with Gasteiger partial charge in [-0.05, 0) is 6.42 Å². The van der Waals surface area contributed by atoms with Crippen LogP contribution in [0, 0.1) is 0 Å². The van der Waals surface area contributed by atoms with E-state index in [9.17, 15) is 13.2 Å². The van der Waals surface area contributed by atoms with Gasteiger partial charge in [-0.15, -0.1) is 0 Å². The number of unbranched alkanes of at least 4 members (excludes halogenated alkanes) is 2. The molecular formula is C6H12O4S. The van der Waals surface area contributed by atoms with Crippen molar-refractivity contribution in [3.8, 4) is 0 Å². The first-order valence-corrected chi connectivity index (χ1v) is 4.61. The van der Waals surface area contributed by atoms with Gasteiger partial charge in [0.1, 0.15) is 0 Å². The minimum absolute atomic E-state index is 0.192. The van der Waals surface area contributed by atoms with Crippen molar-refractivity contribution in [1.29, 1.82) is 0 Å². The molecule has 0 aromatic rings. The van der Waals surface area contributed by atoms with Crippen LogP contribution in [0.15, 0.2) is 0 Å². The van der Waals surface area contributed by atoms with Gasteiger partial charge in [-0.1, -0.05) is 19.8 Å². The van der Waals surface area contributed by atoms with Gasteiger partial charge >= 0.3 is 17.0 Å². The molecule has 11 heavy (non-hydrogen) atoms. The first-order chi connectivity index (χ1) is 5.16. The van der Waals surface area contributed by atoms with Gasteiger partial charge in [-0.2, -0.15) is 8.42 Å². The fourth-order valence-electron chi connectivity index (χ4n) is 0.648. The zero-order valence-electron chi connectivity index (χ0n) is 6.41. The first kappa shape index (κ1) is 10.4. The Hall–Kier alpha value is -0.580. The SMILES string of the molecule is CCCCCC(=O)O[SH](=O)=O. The average molecular weight is 180 g/mol. The molecule has 0 unspecified atom stereocenters. The number of thiol groups is 1. The maximum atomic E-state index is 10.5. The molecule has 0 aliphatic rings. The summed E-state index contributed by atoms with van der Waals surface area (Å²) in [6, 6.07) is 0. The topological polar surface area (TPSA) is 60.4 Å². The molecular weight excluding hydrogens is 168 g/mol. The lowest BCUT2D eigenvalue weighted by Gasteiger charge is -1.94. The van der Waals surface area contributed by atoms with E-state index in [1.54, 1.807) is 0 Å². The molecule has 5 heteroatoms. The molecule has 0 aromatic carbocycles. The van der Waals surface area contributed by atoms with Crippen molar-refractivity contribution in [1.82, 2.24) is 0 Å². The molecule has 0 atom stereocenters. The van der Waals surface area contributed by atoms with Crippen molar-refractivity contribution in [2.24, 2.45) is 0 Å². The molecule has 0 saturated carbocycles. The summed E-state index contributed by atoms with van der Waals surface area (Å²) in [6.07, 6.45) is 2.80. The summed E-state index contributed by atoms with van der Waals surface area (Å²) in [7, 11) is -3.01. The Morgan fingerprint density at radius 3 is 2.45 bits per heavy atom. The van der Waals surface area contributed by atoms with Crippen LogP contribution in [0.3, 0.4) is 0 Å². The molecule has 4 nitrogen and oxygen atoms in total. The van der Waals surface area contributed by atoms with Crippen molar-refractivity contribution >= 4 is 17.0 Å². The lowest BCUT2D eigenvalue weighted by atomic mass is 10.2. The number of hydrogen-bond acceptors (Lipinski definition) is 4. The van der Waals surface area contributed by atoms with Gasteiger partial charge in [0.05, 0.1) is 0 Å². The van der Waals surface area contributed by atoms with E-state index >= 15 is 0 Å². The predicted octanol–water partition coefficient (Wildman–Crippen LogP) is 0.636. The highest BCUT2D eigenvalue weighted by molar-refractivity contribution is 7.67. The second-order valence-electron chi connectivity index (χ2n) is 2.14. The molecule has 0 rings (SSSR count). The Kier molecular flexibility index (Phi) is 5.83. The Balaban J connectivity index is 3.37. The van der Waals surface area contributed by atoms with Crippen LogP contribution in [0.2, 0.25) is 0 Å². The van der Waals surface area contributed by atoms with E-state index in [-0.39, 0.29) is 6.42 Å². The van der Waals surface area contributed by atoms with Gasteiger partial charge in [0.25, 0.3) is 0 Å². The summed E-state index contributed by atoms with van der Waals surface area (Å²) in [5, 5.41) is 0. The number of carbonyl (C=O) groups is 1. The minimum atomic E-state index is -3.01. The van der Waals surface area contributed by atoms with Crippen LogP contribution in [-0.2, 0) is 20.0 Å². The Bertz CT molecular complexity index is 177. The number of rotatable bonds is 5. The molecule has 66 valence electrons. The fraction of sp³-hybridized carbons (Fsp3) is 0.833. The van der Waals surface area contributed by atoms with Crippen molar-refractivity contribution in [3.05, 3.63) is 0 Å². The normalized spacial score (nSPS) is 10.0.